The fraction of sp³-hybridized carbons (Fsp3) is 0.647. The van der Waals surface area contributed by atoms with Crippen LogP contribution in [0, 0.1) is 0 Å². The molecule has 0 aromatic carbocycles. The summed E-state index contributed by atoms with van der Waals surface area (Å²) in [6.07, 6.45) is 1.70. The number of aliphatic hydroxyl groups excluding tert-OH is 2. The van der Waals surface area contributed by atoms with Gasteiger partial charge in [0.2, 0.25) is 0 Å². The van der Waals surface area contributed by atoms with Gasteiger partial charge in [-0.3, -0.25) is 9.69 Å². The summed E-state index contributed by atoms with van der Waals surface area (Å²) in [5.41, 5.74) is -0.521. The Morgan fingerprint density at radius 3 is 2.54 bits per heavy atom. The lowest BCUT2D eigenvalue weighted by molar-refractivity contribution is -0.128. The van der Waals surface area contributed by atoms with E-state index < -0.39 is 38.0 Å². The van der Waals surface area contributed by atoms with Crippen molar-refractivity contribution in [3.8, 4) is 0 Å². The van der Waals surface area contributed by atoms with E-state index in [1.807, 2.05) is 6.92 Å². The molecule has 146 valence electrons. The molecule has 0 aromatic rings. The smallest absolute Gasteiger partial charge is 0.388 e. The van der Waals surface area contributed by atoms with Gasteiger partial charge in [-0.1, -0.05) is 13.5 Å². The summed E-state index contributed by atoms with van der Waals surface area (Å²) in [5, 5.41) is 20.9. The van der Waals surface area contributed by atoms with Crippen LogP contribution < -0.4 is 0 Å². The molecule has 0 radical (unpaired) electrons. The van der Waals surface area contributed by atoms with Crippen molar-refractivity contribution in [3.63, 3.8) is 0 Å². The van der Waals surface area contributed by atoms with Crippen LogP contribution in [0.3, 0.4) is 0 Å². The van der Waals surface area contributed by atoms with Crippen molar-refractivity contribution >= 4 is 20.2 Å². The van der Waals surface area contributed by atoms with Crippen molar-refractivity contribution < 1.29 is 29.2 Å². The highest BCUT2D eigenvalue weighted by Gasteiger charge is 2.50. The third-order valence-electron chi connectivity index (χ3n) is 5.05. The maximum absolute atomic E-state index is 12.5. The van der Waals surface area contributed by atoms with Gasteiger partial charge in [0, 0.05) is 26.7 Å². The molecule has 2 heterocycles. The molecule has 2 rings (SSSR count). The molecule has 0 spiro atoms. The Labute approximate surface area is 154 Å². The van der Waals surface area contributed by atoms with E-state index >= 15 is 0 Å². The number of ether oxygens (including phenoxy) is 1. The molecule has 0 aromatic heterocycles. The van der Waals surface area contributed by atoms with Gasteiger partial charge in [-0.2, -0.15) is 4.89 Å². The Morgan fingerprint density at radius 2 is 2.00 bits per heavy atom. The minimum Gasteiger partial charge on any atom is -0.388 e. The van der Waals surface area contributed by atoms with Crippen molar-refractivity contribution in [3.05, 3.63) is 24.2 Å². The zero-order valence-electron chi connectivity index (χ0n) is 15.6. The number of likely N-dealkylation sites (N-methyl/N-ethyl adjacent to an activating group) is 1. The predicted molar refractivity (Wildman–Crippen MR) is 99.1 cm³/mol. The molecule has 5 unspecified atom stereocenters. The van der Waals surface area contributed by atoms with Crippen molar-refractivity contribution in [2.24, 2.45) is 0 Å². The van der Waals surface area contributed by atoms with Crippen LogP contribution >= 0.6 is 8.00 Å². The largest absolute Gasteiger partial charge is 0.420 e. The summed E-state index contributed by atoms with van der Waals surface area (Å²) in [5.74, 6) is 0.165. The number of carbonyl (C=O) groups excluding carboxylic acids is 1. The summed E-state index contributed by atoms with van der Waals surface area (Å²) in [6.45, 7) is 7.49. The van der Waals surface area contributed by atoms with Crippen LogP contribution in [0.4, 0.5) is 0 Å². The summed E-state index contributed by atoms with van der Waals surface area (Å²) in [4.78, 5) is 25.1. The Balaban J connectivity index is 2.22. The zero-order valence-corrected chi connectivity index (χ0v) is 16.5. The van der Waals surface area contributed by atoms with Gasteiger partial charge in [-0.25, -0.2) is 0 Å². The van der Waals surface area contributed by atoms with E-state index in [1.165, 1.54) is 4.90 Å². The maximum Gasteiger partial charge on any atom is 0.420 e. The number of amides is 1. The molecule has 9 heteroatoms. The molecule has 2 aliphatic rings. The number of carbonyl (C=O) groups is 1. The van der Waals surface area contributed by atoms with Crippen LogP contribution in [-0.2, 0) is 14.1 Å². The third-order valence-corrected chi connectivity index (χ3v) is 5.71. The van der Waals surface area contributed by atoms with Gasteiger partial charge in [0.15, 0.2) is 0 Å². The van der Waals surface area contributed by atoms with E-state index in [2.05, 4.69) is 12.9 Å². The monoisotopic (exact) mass is 387 g/mol. The Hall–Kier alpha value is -1.28. The average Bonchev–Trinajstić information content (AvgIpc) is 2.83. The molecule has 0 saturated carbocycles. The van der Waals surface area contributed by atoms with Crippen LogP contribution in [0.25, 0.3) is 0 Å². The van der Waals surface area contributed by atoms with E-state index in [9.17, 15) is 19.9 Å². The molecule has 0 bridgehead atoms. The number of rotatable bonds is 6. The topological polar surface area (TPSA) is 103 Å². The summed E-state index contributed by atoms with van der Waals surface area (Å²) in [7, 11) is 1.50. The first-order valence-corrected chi connectivity index (χ1v) is 9.82. The number of hydrogen-bond acceptors (Lipinski definition) is 7. The maximum atomic E-state index is 12.5. The highest BCUT2D eigenvalue weighted by atomic mass is 31.1. The van der Waals surface area contributed by atoms with Crippen LogP contribution in [-0.4, -0.2) is 81.2 Å². The first-order valence-electron chi connectivity index (χ1n) is 8.42. The van der Waals surface area contributed by atoms with Crippen molar-refractivity contribution in [2.75, 3.05) is 14.1 Å². The van der Waals surface area contributed by atoms with E-state index in [-0.39, 0.29) is 17.9 Å². The molecular weight excluding hydrogens is 359 g/mol. The van der Waals surface area contributed by atoms with Crippen LogP contribution in [0.1, 0.15) is 26.7 Å². The highest BCUT2D eigenvalue weighted by molar-refractivity contribution is 7.44. The first-order chi connectivity index (χ1) is 12.0. The molecule has 1 amide bonds. The fourth-order valence-corrected chi connectivity index (χ4v) is 3.89. The second kappa shape index (κ2) is 7.76. The lowest BCUT2D eigenvalue weighted by atomic mass is 9.92. The molecule has 1 saturated heterocycles. The van der Waals surface area contributed by atoms with Gasteiger partial charge < -0.3 is 19.8 Å². The van der Waals surface area contributed by atoms with Crippen LogP contribution in [0.5, 0.6) is 0 Å². The van der Waals surface area contributed by atoms with E-state index in [0.29, 0.717) is 12.2 Å². The minimum absolute atomic E-state index is 0.243. The number of nitrogens with zero attached hydrogens (tertiary/aromatic N) is 2. The van der Waals surface area contributed by atoms with Crippen molar-refractivity contribution in [1.82, 2.24) is 9.80 Å². The van der Waals surface area contributed by atoms with E-state index in [1.54, 1.807) is 32.1 Å². The molecule has 1 fully saturated rings. The molecule has 0 aliphatic carbocycles. The number of hydrogen-bond donors (Lipinski definition) is 3. The lowest BCUT2D eigenvalue weighted by Crippen LogP contribution is -2.44. The predicted octanol–water partition coefficient (Wildman–Crippen LogP) is 0.546. The van der Waals surface area contributed by atoms with Gasteiger partial charge >= 0.3 is 8.00 Å². The molecule has 26 heavy (non-hydrogen) atoms. The molecular formula is C17H28N2O6P+. The SMILES string of the molecule is C=C1N(C)C=C(C2OC(CC(C)(CC)O[P+](=C)O)C(O)[C@H]2O)C(=O)N1C. The minimum atomic E-state index is -1.83. The van der Waals surface area contributed by atoms with E-state index in [4.69, 9.17) is 9.26 Å². The summed E-state index contributed by atoms with van der Waals surface area (Å²) >= 11 is 0. The van der Waals surface area contributed by atoms with Gasteiger partial charge in [0.1, 0.15) is 36.0 Å². The Kier molecular flexibility index (Phi) is 6.28. The van der Waals surface area contributed by atoms with Crippen LogP contribution in [0.15, 0.2) is 24.2 Å². The van der Waals surface area contributed by atoms with Gasteiger partial charge in [-0.05, 0) is 13.3 Å². The fourth-order valence-electron chi connectivity index (χ4n) is 3.18. The molecule has 6 atom stereocenters. The van der Waals surface area contributed by atoms with E-state index in [0.717, 1.165) is 0 Å². The van der Waals surface area contributed by atoms with Crippen LogP contribution in [0.2, 0.25) is 0 Å². The van der Waals surface area contributed by atoms with Crippen molar-refractivity contribution in [2.45, 2.75) is 56.7 Å². The summed E-state index contributed by atoms with van der Waals surface area (Å²) in [6, 6.07) is 0. The quantitative estimate of drug-likeness (QED) is 0.572. The molecule has 3 N–H and O–H groups in total. The number of aliphatic hydroxyl groups is 2. The standard InChI is InChI=1S/C17H28N2O6P/c1-7-17(3,25-26(6)23)8-12-13(20)14(21)15(24-12)11-9-18(4)10(2)19(5)16(11)22/h9,12-15,20-21,23H,2,6-8H2,1,3-5H3/q+1/t12?,13?,14-,15?,17?/m1/s1. The molecule has 8 nitrogen and oxygen atoms in total. The summed E-state index contributed by atoms with van der Waals surface area (Å²) < 4.78 is 11.4. The second-order valence-electron chi connectivity index (χ2n) is 7.00. The zero-order chi connectivity index (χ0) is 19.8. The highest BCUT2D eigenvalue weighted by Crippen LogP contribution is 2.38. The molecule has 2 aliphatic heterocycles. The first kappa shape index (κ1) is 21.0. The average molecular weight is 387 g/mol. The van der Waals surface area contributed by atoms with Gasteiger partial charge in [-0.15, -0.1) is 4.52 Å². The normalized spacial score (nSPS) is 32.6. The Morgan fingerprint density at radius 1 is 1.38 bits per heavy atom. The second-order valence-corrected chi connectivity index (χ2v) is 7.89. The third kappa shape index (κ3) is 4.01. The van der Waals surface area contributed by atoms with Gasteiger partial charge in [0.05, 0.1) is 11.7 Å². The van der Waals surface area contributed by atoms with Crippen molar-refractivity contribution in [1.29, 1.82) is 0 Å². The Bertz CT molecular complexity index is 639. The van der Waals surface area contributed by atoms with Gasteiger partial charge in [0.25, 0.3) is 5.91 Å². The lowest BCUT2D eigenvalue weighted by Gasteiger charge is -2.34.